The van der Waals surface area contributed by atoms with Crippen molar-refractivity contribution in [2.45, 2.75) is 0 Å². The fraction of sp³-hybridized carbons (Fsp3) is 1.00. The second-order valence-electron chi connectivity index (χ2n) is 4.27. The molecule has 1 aliphatic rings. The topological polar surface area (TPSA) is 43.4 Å². The van der Waals surface area contributed by atoms with Gasteiger partial charge in [0.2, 0.25) is 0 Å². The van der Waals surface area contributed by atoms with Gasteiger partial charge >= 0.3 is 0 Å². The lowest BCUT2D eigenvalue weighted by atomic mass is 10.6. The normalized spacial score (nSPS) is 24.9. The number of hydrogen-bond donors (Lipinski definition) is 0. The van der Waals surface area contributed by atoms with Gasteiger partial charge in [-0.2, -0.15) is 0 Å². The zero-order chi connectivity index (χ0) is 14.5. The molecule has 20 heavy (non-hydrogen) atoms. The summed E-state index contributed by atoms with van der Waals surface area (Å²) in [5.41, 5.74) is 0. The third-order valence-electron chi connectivity index (χ3n) is 2.66. The summed E-state index contributed by atoms with van der Waals surface area (Å²) in [4.78, 5) is 0. The van der Waals surface area contributed by atoms with E-state index in [1.54, 1.807) is 0 Å². The van der Waals surface area contributed by atoms with Crippen molar-refractivity contribution in [3.8, 4) is 0 Å². The molecule has 0 amide bonds. The molecule has 0 aromatic heterocycles. The van der Waals surface area contributed by atoms with Gasteiger partial charge in [0.1, 0.15) is 0 Å². The number of ether oxygens (including phenoxy) is 4. The van der Waals surface area contributed by atoms with Crippen LogP contribution in [0, 0.1) is 0 Å². The van der Waals surface area contributed by atoms with Crippen LogP contribution < -0.4 is 0 Å². The van der Waals surface area contributed by atoms with Crippen LogP contribution in [0.15, 0.2) is 0 Å². The number of halogens is 2. The lowest BCUT2D eigenvalue weighted by Gasteiger charge is -2.16. The van der Waals surface area contributed by atoms with E-state index < -0.39 is 0 Å². The minimum Gasteiger partial charge on any atom is -0.378 e. The van der Waals surface area contributed by atoms with E-state index in [0.29, 0.717) is 52.9 Å². The van der Waals surface area contributed by atoms with Gasteiger partial charge in [-0.05, 0) is 0 Å². The van der Waals surface area contributed by atoms with Crippen LogP contribution in [-0.2, 0) is 18.9 Å². The Kier molecular flexibility index (Phi) is 12.6. The average molecular weight is 420 g/mol. The van der Waals surface area contributed by atoms with Crippen LogP contribution in [0.3, 0.4) is 0 Å². The predicted molar refractivity (Wildman–Crippen MR) is 84.3 cm³/mol. The van der Waals surface area contributed by atoms with E-state index in [0.717, 1.165) is 26.2 Å². The van der Waals surface area contributed by atoms with E-state index in [1.165, 1.54) is 0 Å². The number of hydrogen-bond acceptors (Lipinski definition) is 6. The van der Waals surface area contributed by atoms with Crippen LogP contribution in [0.1, 0.15) is 0 Å². The highest BCUT2D eigenvalue weighted by atomic mass is 79.9. The Morgan fingerprint density at radius 3 is 0.950 bits per heavy atom. The first kappa shape index (κ1) is 18.8. The Labute approximate surface area is 138 Å². The number of nitrogens with zero attached hydrogens (tertiary/aromatic N) is 2. The van der Waals surface area contributed by atoms with Gasteiger partial charge in [0.25, 0.3) is 0 Å². The van der Waals surface area contributed by atoms with Crippen molar-refractivity contribution in [3.63, 3.8) is 0 Å². The number of rotatable bonds is 0. The second-order valence-corrected chi connectivity index (χ2v) is 6.28. The molecule has 1 heterocycles. The highest BCUT2D eigenvalue weighted by Crippen LogP contribution is 1.99. The first-order valence-electron chi connectivity index (χ1n) is 6.91. The fourth-order valence-electron chi connectivity index (χ4n) is 1.52. The van der Waals surface area contributed by atoms with E-state index in [1.807, 2.05) is 7.85 Å². The summed E-state index contributed by atoms with van der Waals surface area (Å²) in [5.74, 6) is 0. The monoisotopic (exact) mass is 418 g/mol. The van der Waals surface area contributed by atoms with Crippen molar-refractivity contribution in [2.24, 2.45) is 0 Å². The molecule has 1 aliphatic heterocycles. The van der Waals surface area contributed by atoms with Gasteiger partial charge in [0.15, 0.2) is 0 Å². The lowest BCUT2D eigenvalue weighted by Crippen LogP contribution is -2.25. The average Bonchev–Trinajstić information content (AvgIpc) is 2.43. The summed E-state index contributed by atoms with van der Waals surface area (Å²) < 4.78 is 26.0. The van der Waals surface area contributed by atoms with Crippen LogP contribution in [-0.4, -0.2) is 86.9 Å². The molecule has 1 fully saturated rings. The van der Waals surface area contributed by atoms with Crippen molar-refractivity contribution in [3.05, 3.63) is 0 Å². The molecule has 0 N–H and O–H groups in total. The Hall–Kier alpha value is 0.720. The van der Waals surface area contributed by atoms with Gasteiger partial charge in [0, 0.05) is 58.5 Å². The van der Waals surface area contributed by atoms with Gasteiger partial charge < -0.3 is 18.9 Å². The molecule has 0 radical (unpaired) electrons. The van der Waals surface area contributed by atoms with Crippen molar-refractivity contribution >= 4 is 32.3 Å². The third kappa shape index (κ3) is 11.4. The molecule has 8 heteroatoms. The third-order valence-corrected chi connectivity index (χ3v) is 4.08. The molecule has 6 nitrogen and oxygen atoms in total. The van der Waals surface area contributed by atoms with Crippen molar-refractivity contribution in [1.29, 1.82) is 0 Å². The van der Waals surface area contributed by atoms with Gasteiger partial charge in [-0.15, -0.1) is 0 Å². The molecular weight excluding hydrogens is 396 g/mol. The van der Waals surface area contributed by atoms with Crippen molar-refractivity contribution in [2.75, 3.05) is 79.0 Å². The van der Waals surface area contributed by atoms with E-state index in [4.69, 9.17) is 18.9 Å². The van der Waals surface area contributed by atoms with Gasteiger partial charge in [-0.25, -0.2) is 7.85 Å². The molecule has 120 valence electrons. The smallest absolute Gasteiger partial charge is 0.0701 e. The van der Waals surface area contributed by atoms with Crippen molar-refractivity contribution < 1.29 is 18.9 Å². The minimum atomic E-state index is 0.628. The van der Waals surface area contributed by atoms with E-state index in [-0.39, 0.29) is 0 Å². The largest absolute Gasteiger partial charge is 0.378 e. The molecule has 0 unspecified atom stereocenters. The van der Waals surface area contributed by atoms with Crippen LogP contribution in [0.5, 0.6) is 0 Å². The Morgan fingerprint density at radius 2 is 0.700 bits per heavy atom. The lowest BCUT2D eigenvalue weighted by molar-refractivity contribution is 0.0266. The van der Waals surface area contributed by atoms with E-state index >= 15 is 0 Å². The molecule has 1 saturated heterocycles. The fourth-order valence-corrected chi connectivity index (χ4v) is 2.10. The van der Waals surface area contributed by atoms with Gasteiger partial charge in [-0.3, -0.25) is 0 Å². The molecule has 0 spiro atoms. The van der Waals surface area contributed by atoms with Crippen molar-refractivity contribution in [1.82, 2.24) is 7.85 Å². The summed E-state index contributed by atoms with van der Waals surface area (Å²) in [6.45, 7) is 8.56. The quantitative estimate of drug-likeness (QED) is 0.551. The maximum atomic E-state index is 5.49. The Bertz CT molecular complexity index is 186. The summed E-state index contributed by atoms with van der Waals surface area (Å²) in [5, 5.41) is 0. The first-order chi connectivity index (χ1) is 9.79. The summed E-state index contributed by atoms with van der Waals surface area (Å²) in [6, 6.07) is 0. The first-order valence-corrected chi connectivity index (χ1v) is 8.33. The van der Waals surface area contributed by atoms with Crippen LogP contribution >= 0.6 is 32.3 Å². The summed E-state index contributed by atoms with van der Waals surface area (Å²) in [6.07, 6.45) is 0. The van der Waals surface area contributed by atoms with E-state index in [9.17, 15) is 0 Å². The SMILES string of the molecule is BrN1CCOCCOCCN(Br)CCOCCOCC1. The highest BCUT2D eigenvalue weighted by molar-refractivity contribution is 9.07. The molecule has 0 aromatic rings. The zero-order valence-electron chi connectivity index (χ0n) is 11.8. The standard InChI is InChI=1S/C12H24Br2N2O4/c13-15-1-5-17-9-10-19-7-3-16(14)4-8-20-12-11-18-6-2-15/h1-12H2. The zero-order valence-corrected chi connectivity index (χ0v) is 14.9. The van der Waals surface area contributed by atoms with Gasteiger partial charge in [0.05, 0.1) is 52.9 Å². The van der Waals surface area contributed by atoms with Gasteiger partial charge in [-0.1, -0.05) is 0 Å². The van der Waals surface area contributed by atoms with Crippen LogP contribution in [0.25, 0.3) is 0 Å². The molecule has 0 bridgehead atoms. The minimum absolute atomic E-state index is 0.628. The predicted octanol–water partition coefficient (Wildman–Crippen LogP) is 1.29. The molecule has 1 rings (SSSR count). The van der Waals surface area contributed by atoms with Crippen LogP contribution in [0.4, 0.5) is 0 Å². The molecule has 0 saturated carbocycles. The highest BCUT2D eigenvalue weighted by Gasteiger charge is 2.03. The Morgan fingerprint density at radius 1 is 0.450 bits per heavy atom. The van der Waals surface area contributed by atoms with Crippen LogP contribution in [0.2, 0.25) is 0 Å². The molecule has 0 aliphatic carbocycles. The maximum Gasteiger partial charge on any atom is 0.0701 e. The molecule has 0 atom stereocenters. The van der Waals surface area contributed by atoms with E-state index in [2.05, 4.69) is 32.3 Å². The summed E-state index contributed by atoms with van der Waals surface area (Å²) >= 11 is 6.94. The maximum absolute atomic E-state index is 5.49. The summed E-state index contributed by atoms with van der Waals surface area (Å²) in [7, 11) is 0. The second kappa shape index (κ2) is 13.4. The molecule has 0 aromatic carbocycles. The Balaban J connectivity index is 2.16. The molecular formula is C12H24Br2N2O4.